The molecule has 0 fully saturated rings. The van der Waals surface area contributed by atoms with Crippen molar-refractivity contribution in [3.8, 4) is 22.3 Å². The zero-order valence-corrected chi connectivity index (χ0v) is 15.2. The van der Waals surface area contributed by atoms with Crippen molar-refractivity contribution in [2.24, 2.45) is 0 Å². The van der Waals surface area contributed by atoms with E-state index < -0.39 is 0 Å². The highest BCUT2D eigenvalue weighted by atomic mass is 31.0. The largest absolute Gasteiger partial charge is 0.106 e. The molecule has 22 heavy (non-hydrogen) atoms. The molecule has 3 aromatic rings. The van der Waals surface area contributed by atoms with Crippen molar-refractivity contribution < 1.29 is 0 Å². The molecule has 2 heteroatoms. The standard InChI is InChI=1S/C20H20P2/c1-13-11-17(21)7-9-19(13)15-3-5-16(6-4-15)20-10-8-18(22)12-14(20)2/h3-12H,21-22H2,1-2H3. The van der Waals surface area contributed by atoms with Crippen LogP contribution in [0.3, 0.4) is 0 Å². The molecule has 0 N–H and O–H groups in total. The first-order valence-electron chi connectivity index (χ1n) is 7.37. The highest BCUT2D eigenvalue weighted by Crippen LogP contribution is 2.28. The van der Waals surface area contributed by atoms with E-state index in [-0.39, 0.29) is 0 Å². The lowest BCUT2D eigenvalue weighted by atomic mass is 9.96. The first-order valence-corrected chi connectivity index (χ1v) is 8.53. The van der Waals surface area contributed by atoms with Crippen molar-refractivity contribution >= 4 is 29.1 Å². The maximum absolute atomic E-state index is 2.75. The summed E-state index contributed by atoms with van der Waals surface area (Å²) in [6, 6.07) is 21.9. The lowest BCUT2D eigenvalue weighted by Crippen LogP contribution is -1.94. The van der Waals surface area contributed by atoms with Gasteiger partial charge in [-0.1, -0.05) is 60.7 Å². The number of aryl methyl sites for hydroxylation is 2. The maximum Gasteiger partial charge on any atom is -0.0154 e. The normalized spacial score (nSPS) is 10.7. The highest BCUT2D eigenvalue weighted by molar-refractivity contribution is 7.27. The summed E-state index contributed by atoms with van der Waals surface area (Å²) < 4.78 is 0. The Hall–Kier alpha value is -1.48. The molecule has 0 saturated heterocycles. The van der Waals surface area contributed by atoms with Gasteiger partial charge in [-0.2, -0.15) is 0 Å². The van der Waals surface area contributed by atoms with Gasteiger partial charge in [0.15, 0.2) is 0 Å². The molecule has 0 heterocycles. The Labute approximate surface area is 137 Å². The van der Waals surface area contributed by atoms with E-state index in [1.165, 1.54) is 44.0 Å². The molecule has 0 nitrogen and oxygen atoms in total. The van der Waals surface area contributed by atoms with Crippen molar-refractivity contribution in [3.05, 3.63) is 71.8 Å². The molecule has 110 valence electrons. The second-order valence-corrected chi connectivity index (χ2v) is 7.06. The molecule has 2 unspecified atom stereocenters. The predicted octanol–water partition coefficient (Wildman–Crippen LogP) is 4.64. The van der Waals surface area contributed by atoms with Crippen LogP contribution in [0.15, 0.2) is 60.7 Å². The monoisotopic (exact) mass is 322 g/mol. The molecule has 3 aromatic carbocycles. The van der Waals surface area contributed by atoms with Crippen LogP contribution >= 0.6 is 18.5 Å². The molecular formula is C20H20P2. The quantitative estimate of drug-likeness (QED) is 0.603. The number of hydrogen-bond donors (Lipinski definition) is 0. The zero-order valence-electron chi connectivity index (χ0n) is 12.9. The van der Waals surface area contributed by atoms with E-state index in [4.69, 9.17) is 0 Å². The third-order valence-corrected chi connectivity index (χ3v) is 4.73. The van der Waals surface area contributed by atoms with Gasteiger partial charge >= 0.3 is 0 Å². The third-order valence-electron chi connectivity index (χ3n) is 4.01. The molecule has 0 aliphatic carbocycles. The van der Waals surface area contributed by atoms with Gasteiger partial charge in [0, 0.05) is 0 Å². The van der Waals surface area contributed by atoms with Crippen LogP contribution in [0, 0.1) is 13.8 Å². The van der Waals surface area contributed by atoms with Crippen LogP contribution < -0.4 is 10.6 Å². The van der Waals surface area contributed by atoms with Crippen LogP contribution in [0.25, 0.3) is 22.3 Å². The van der Waals surface area contributed by atoms with Gasteiger partial charge in [-0.05, 0) is 57.8 Å². The van der Waals surface area contributed by atoms with E-state index in [1.54, 1.807) is 0 Å². The number of hydrogen-bond acceptors (Lipinski definition) is 0. The smallest absolute Gasteiger partial charge is 0.0154 e. The zero-order chi connectivity index (χ0) is 15.7. The highest BCUT2D eigenvalue weighted by Gasteiger charge is 2.05. The summed E-state index contributed by atoms with van der Waals surface area (Å²) in [5.41, 5.74) is 7.76. The van der Waals surface area contributed by atoms with E-state index in [9.17, 15) is 0 Å². The summed E-state index contributed by atoms with van der Waals surface area (Å²) in [6.45, 7) is 4.33. The second-order valence-electron chi connectivity index (χ2n) is 5.73. The van der Waals surface area contributed by atoms with Gasteiger partial charge in [0.25, 0.3) is 0 Å². The molecule has 2 atom stereocenters. The van der Waals surface area contributed by atoms with Crippen molar-refractivity contribution in [2.45, 2.75) is 13.8 Å². The molecule has 0 aromatic heterocycles. The average Bonchev–Trinajstić information content (AvgIpc) is 2.48. The van der Waals surface area contributed by atoms with Gasteiger partial charge in [-0.15, -0.1) is 18.5 Å². The first kappa shape index (κ1) is 15.4. The Balaban J connectivity index is 1.99. The summed E-state index contributed by atoms with van der Waals surface area (Å²) in [5, 5.41) is 2.46. The topological polar surface area (TPSA) is 0 Å². The van der Waals surface area contributed by atoms with E-state index in [2.05, 4.69) is 93.0 Å². The van der Waals surface area contributed by atoms with Gasteiger partial charge in [0.2, 0.25) is 0 Å². The molecule has 0 spiro atoms. The van der Waals surface area contributed by atoms with E-state index in [0.29, 0.717) is 0 Å². The minimum Gasteiger partial charge on any atom is -0.106 e. The fourth-order valence-corrected chi connectivity index (χ4v) is 3.54. The third kappa shape index (κ3) is 3.14. The maximum atomic E-state index is 2.75. The molecule has 0 saturated carbocycles. The van der Waals surface area contributed by atoms with E-state index >= 15 is 0 Å². The Morgan fingerprint density at radius 1 is 0.545 bits per heavy atom. The van der Waals surface area contributed by atoms with Crippen LogP contribution in [0.5, 0.6) is 0 Å². The fraction of sp³-hybridized carbons (Fsp3) is 0.100. The van der Waals surface area contributed by atoms with Gasteiger partial charge in [0.1, 0.15) is 0 Å². The van der Waals surface area contributed by atoms with Crippen LogP contribution in [0.4, 0.5) is 0 Å². The summed E-state index contributed by atoms with van der Waals surface area (Å²) in [7, 11) is 5.51. The molecular weight excluding hydrogens is 302 g/mol. The Morgan fingerprint density at radius 2 is 0.909 bits per heavy atom. The fourth-order valence-electron chi connectivity index (χ4n) is 2.85. The molecule has 0 radical (unpaired) electrons. The van der Waals surface area contributed by atoms with Crippen LogP contribution in [0.2, 0.25) is 0 Å². The lowest BCUT2D eigenvalue weighted by Gasteiger charge is -2.10. The first-order chi connectivity index (χ1) is 10.5. The Kier molecular flexibility index (Phi) is 4.44. The van der Waals surface area contributed by atoms with Gasteiger partial charge in [-0.25, -0.2) is 0 Å². The minimum absolute atomic E-state index is 1.23. The molecule has 0 bridgehead atoms. The van der Waals surface area contributed by atoms with Gasteiger partial charge in [-0.3, -0.25) is 0 Å². The lowest BCUT2D eigenvalue weighted by molar-refractivity contribution is 1.46. The van der Waals surface area contributed by atoms with Crippen molar-refractivity contribution in [1.29, 1.82) is 0 Å². The molecule has 3 rings (SSSR count). The molecule has 0 aliphatic heterocycles. The minimum atomic E-state index is 1.23. The molecule has 0 amide bonds. The van der Waals surface area contributed by atoms with E-state index in [0.717, 1.165) is 0 Å². The number of rotatable bonds is 2. The van der Waals surface area contributed by atoms with Crippen molar-refractivity contribution in [1.82, 2.24) is 0 Å². The average molecular weight is 322 g/mol. The number of benzene rings is 3. The predicted molar refractivity (Wildman–Crippen MR) is 105 cm³/mol. The summed E-state index contributed by atoms with van der Waals surface area (Å²) in [5.74, 6) is 0. The SMILES string of the molecule is Cc1cc(P)ccc1-c1ccc(-c2ccc(P)cc2C)cc1. The van der Waals surface area contributed by atoms with Crippen LogP contribution in [-0.4, -0.2) is 0 Å². The van der Waals surface area contributed by atoms with Gasteiger partial charge < -0.3 is 0 Å². The van der Waals surface area contributed by atoms with E-state index in [1.807, 2.05) is 0 Å². The van der Waals surface area contributed by atoms with Crippen molar-refractivity contribution in [2.75, 3.05) is 0 Å². The summed E-state index contributed by atoms with van der Waals surface area (Å²) >= 11 is 0. The molecule has 0 aliphatic rings. The Bertz CT molecular complexity index is 747. The summed E-state index contributed by atoms with van der Waals surface area (Å²) in [6.07, 6.45) is 0. The Morgan fingerprint density at radius 3 is 1.23 bits per heavy atom. The van der Waals surface area contributed by atoms with Crippen LogP contribution in [-0.2, 0) is 0 Å². The van der Waals surface area contributed by atoms with Gasteiger partial charge in [0.05, 0.1) is 0 Å². The summed E-state index contributed by atoms with van der Waals surface area (Å²) in [4.78, 5) is 0. The van der Waals surface area contributed by atoms with Crippen molar-refractivity contribution in [3.63, 3.8) is 0 Å². The van der Waals surface area contributed by atoms with Crippen LogP contribution in [0.1, 0.15) is 11.1 Å². The second kappa shape index (κ2) is 6.33.